The number of aromatic nitrogens is 2. The SMILES string of the molecule is CS(=O)(=O)c1cccc(C(=O)Nc2nnc(-c3ccc(C(F)(F)F)cc3)o2)c1. The molecule has 0 saturated heterocycles. The van der Waals surface area contributed by atoms with Crippen LogP contribution in [-0.2, 0) is 16.0 Å². The predicted molar refractivity (Wildman–Crippen MR) is 92.2 cm³/mol. The maximum atomic E-state index is 12.6. The van der Waals surface area contributed by atoms with Crippen LogP contribution in [0, 0.1) is 0 Å². The van der Waals surface area contributed by atoms with E-state index in [1.807, 2.05) is 0 Å². The normalized spacial score (nSPS) is 12.0. The zero-order valence-corrected chi connectivity index (χ0v) is 15.0. The second-order valence-electron chi connectivity index (χ2n) is 5.74. The molecule has 3 rings (SSSR count). The summed E-state index contributed by atoms with van der Waals surface area (Å²) in [7, 11) is -3.49. The Morgan fingerprint density at radius 3 is 2.36 bits per heavy atom. The molecule has 7 nitrogen and oxygen atoms in total. The number of halogens is 3. The summed E-state index contributed by atoms with van der Waals surface area (Å²) >= 11 is 0. The van der Waals surface area contributed by atoms with Gasteiger partial charge in [0.05, 0.1) is 10.5 Å². The van der Waals surface area contributed by atoms with Crippen LogP contribution >= 0.6 is 0 Å². The molecule has 0 saturated carbocycles. The van der Waals surface area contributed by atoms with Crippen LogP contribution in [0.4, 0.5) is 19.2 Å². The molecule has 0 aliphatic heterocycles. The minimum Gasteiger partial charge on any atom is -0.403 e. The molecule has 0 unspecified atom stereocenters. The van der Waals surface area contributed by atoms with E-state index in [0.29, 0.717) is 0 Å². The minimum atomic E-state index is -4.47. The Balaban J connectivity index is 1.77. The van der Waals surface area contributed by atoms with Gasteiger partial charge in [0, 0.05) is 17.4 Å². The second-order valence-corrected chi connectivity index (χ2v) is 7.76. The summed E-state index contributed by atoms with van der Waals surface area (Å²) in [6, 6.07) is 9.13. The molecule has 1 heterocycles. The summed E-state index contributed by atoms with van der Waals surface area (Å²) in [5.41, 5.74) is -0.535. The predicted octanol–water partition coefficient (Wildman–Crippen LogP) is 3.41. The van der Waals surface area contributed by atoms with Gasteiger partial charge in [-0.3, -0.25) is 10.1 Å². The highest BCUT2D eigenvalue weighted by Gasteiger charge is 2.30. The highest BCUT2D eigenvalue weighted by molar-refractivity contribution is 7.90. The molecule has 2 aromatic carbocycles. The molecule has 0 fully saturated rings. The number of hydrogen-bond acceptors (Lipinski definition) is 6. The van der Waals surface area contributed by atoms with Crippen molar-refractivity contribution in [2.45, 2.75) is 11.1 Å². The molecule has 0 aliphatic rings. The van der Waals surface area contributed by atoms with Gasteiger partial charge in [0.15, 0.2) is 9.84 Å². The molecule has 0 bridgehead atoms. The van der Waals surface area contributed by atoms with Crippen molar-refractivity contribution in [1.82, 2.24) is 10.2 Å². The molecule has 0 atom stereocenters. The summed E-state index contributed by atoms with van der Waals surface area (Å²) in [5.74, 6) is -0.776. The third-order valence-corrected chi connectivity index (χ3v) is 4.74. The Morgan fingerprint density at radius 1 is 1.07 bits per heavy atom. The lowest BCUT2D eigenvalue weighted by Gasteiger charge is -2.06. The van der Waals surface area contributed by atoms with E-state index in [2.05, 4.69) is 15.5 Å². The Morgan fingerprint density at radius 2 is 1.75 bits per heavy atom. The third kappa shape index (κ3) is 4.36. The van der Waals surface area contributed by atoms with E-state index in [0.717, 1.165) is 30.5 Å². The van der Waals surface area contributed by atoms with Gasteiger partial charge in [-0.1, -0.05) is 11.2 Å². The number of benzene rings is 2. The first kappa shape index (κ1) is 19.5. The van der Waals surface area contributed by atoms with Crippen molar-refractivity contribution in [2.24, 2.45) is 0 Å². The van der Waals surface area contributed by atoms with Crippen LogP contribution in [-0.4, -0.2) is 30.8 Å². The summed E-state index contributed by atoms with van der Waals surface area (Å²) in [5, 5.41) is 9.59. The van der Waals surface area contributed by atoms with Gasteiger partial charge in [-0.05, 0) is 42.5 Å². The van der Waals surface area contributed by atoms with E-state index in [9.17, 15) is 26.4 Å². The number of carbonyl (C=O) groups is 1. The zero-order chi connectivity index (χ0) is 20.5. The van der Waals surface area contributed by atoms with Gasteiger partial charge in [-0.2, -0.15) is 13.2 Å². The number of rotatable bonds is 4. The molecule has 0 radical (unpaired) electrons. The summed E-state index contributed by atoms with van der Waals surface area (Å²) in [6.45, 7) is 0. The number of hydrogen-bond donors (Lipinski definition) is 1. The fourth-order valence-electron chi connectivity index (χ4n) is 2.23. The molecule has 1 aromatic heterocycles. The topological polar surface area (TPSA) is 102 Å². The smallest absolute Gasteiger partial charge is 0.403 e. The highest BCUT2D eigenvalue weighted by atomic mass is 32.2. The fraction of sp³-hybridized carbons (Fsp3) is 0.118. The monoisotopic (exact) mass is 411 g/mol. The van der Waals surface area contributed by atoms with E-state index >= 15 is 0 Å². The molecular formula is C17H12F3N3O4S. The lowest BCUT2D eigenvalue weighted by Crippen LogP contribution is -2.13. The molecule has 1 amide bonds. The van der Waals surface area contributed by atoms with Crippen molar-refractivity contribution in [3.05, 3.63) is 59.7 Å². The number of nitrogens with zero attached hydrogens (tertiary/aromatic N) is 2. The van der Waals surface area contributed by atoms with Gasteiger partial charge in [0.1, 0.15) is 0 Å². The molecule has 0 aliphatic carbocycles. The van der Waals surface area contributed by atoms with Crippen molar-refractivity contribution in [1.29, 1.82) is 0 Å². The zero-order valence-electron chi connectivity index (χ0n) is 14.2. The van der Waals surface area contributed by atoms with E-state index in [1.54, 1.807) is 0 Å². The van der Waals surface area contributed by atoms with Gasteiger partial charge in [0.25, 0.3) is 5.91 Å². The molecule has 1 N–H and O–H groups in total. The fourth-order valence-corrected chi connectivity index (χ4v) is 2.90. The summed E-state index contributed by atoms with van der Waals surface area (Å²) in [6.07, 6.45) is -3.45. The van der Waals surface area contributed by atoms with Gasteiger partial charge >= 0.3 is 12.2 Å². The van der Waals surface area contributed by atoms with E-state index in [4.69, 9.17) is 4.42 Å². The van der Waals surface area contributed by atoms with Gasteiger partial charge in [0.2, 0.25) is 5.89 Å². The molecule has 28 heavy (non-hydrogen) atoms. The number of amides is 1. The van der Waals surface area contributed by atoms with Crippen LogP contribution in [0.15, 0.2) is 57.8 Å². The number of sulfone groups is 1. The number of alkyl halides is 3. The van der Waals surface area contributed by atoms with Crippen LogP contribution in [0.2, 0.25) is 0 Å². The quantitative estimate of drug-likeness (QED) is 0.706. The Labute approximate surface area is 157 Å². The van der Waals surface area contributed by atoms with E-state index < -0.39 is 27.5 Å². The van der Waals surface area contributed by atoms with Crippen LogP contribution in [0.25, 0.3) is 11.5 Å². The van der Waals surface area contributed by atoms with Crippen molar-refractivity contribution in [3.8, 4) is 11.5 Å². The van der Waals surface area contributed by atoms with Crippen molar-refractivity contribution < 1.29 is 30.8 Å². The average molecular weight is 411 g/mol. The van der Waals surface area contributed by atoms with Crippen molar-refractivity contribution in [2.75, 3.05) is 11.6 Å². The van der Waals surface area contributed by atoms with E-state index in [1.165, 1.54) is 24.3 Å². The van der Waals surface area contributed by atoms with Gasteiger partial charge in [-0.15, -0.1) is 5.10 Å². The first-order valence-corrected chi connectivity index (χ1v) is 9.56. The molecule has 146 valence electrons. The lowest BCUT2D eigenvalue weighted by molar-refractivity contribution is -0.137. The Hall–Kier alpha value is -3.21. The number of carbonyl (C=O) groups excluding carboxylic acids is 1. The minimum absolute atomic E-state index is 0.0314. The van der Waals surface area contributed by atoms with E-state index in [-0.39, 0.29) is 27.9 Å². The maximum Gasteiger partial charge on any atom is 0.416 e. The Kier molecular flexibility index (Phi) is 4.94. The molecule has 11 heteroatoms. The highest BCUT2D eigenvalue weighted by Crippen LogP contribution is 2.31. The maximum absolute atomic E-state index is 12.6. The van der Waals surface area contributed by atoms with Crippen LogP contribution in [0.1, 0.15) is 15.9 Å². The second kappa shape index (κ2) is 7.08. The number of anilines is 1. The Bertz CT molecular complexity index is 1120. The summed E-state index contributed by atoms with van der Waals surface area (Å²) < 4.78 is 66.2. The standard InChI is InChI=1S/C17H12F3N3O4S/c1-28(25,26)13-4-2-3-11(9-13)14(24)21-16-23-22-15(27-16)10-5-7-12(8-6-10)17(18,19)20/h2-9H,1H3,(H,21,23,24). The van der Waals surface area contributed by atoms with Crippen molar-refractivity contribution >= 4 is 21.8 Å². The molecular weight excluding hydrogens is 399 g/mol. The average Bonchev–Trinajstić information content (AvgIpc) is 3.09. The first-order valence-electron chi connectivity index (χ1n) is 7.66. The third-order valence-electron chi connectivity index (χ3n) is 3.63. The lowest BCUT2D eigenvalue weighted by atomic mass is 10.1. The van der Waals surface area contributed by atoms with Gasteiger partial charge in [-0.25, -0.2) is 8.42 Å². The van der Waals surface area contributed by atoms with Crippen molar-refractivity contribution in [3.63, 3.8) is 0 Å². The largest absolute Gasteiger partial charge is 0.416 e. The first-order chi connectivity index (χ1) is 13.0. The van der Waals surface area contributed by atoms with Crippen LogP contribution in [0.5, 0.6) is 0 Å². The number of nitrogens with one attached hydrogen (secondary N) is 1. The molecule has 3 aromatic rings. The van der Waals surface area contributed by atoms with Gasteiger partial charge < -0.3 is 4.42 Å². The van der Waals surface area contributed by atoms with Crippen LogP contribution in [0.3, 0.4) is 0 Å². The van der Waals surface area contributed by atoms with Crippen LogP contribution < -0.4 is 5.32 Å². The summed E-state index contributed by atoms with van der Waals surface area (Å²) in [4.78, 5) is 12.2. The molecule has 0 spiro atoms.